The van der Waals surface area contributed by atoms with Gasteiger partial charge in [0.15, 0.2) is 11.2 Å². The zero-order chi connectivity index (χ0) is 30.4. The van der Waals surface area contributed by atoms with Crippen molar-refractivity contribution in [3.05, 3.63) is 58.5 Å². The van der Waals surface area contributed by atoms with Gasteiger partial charge in [-0.1, -0.05) is 18.2 Å². The first-order chi connectivity index (χ1) is 18.6. The number of imidazole rings is 1. The van der Waals surface area contributed by atoms with Gasteiger partial charge in [-0.05, 0) is 57.4 Å². The van der Waals surface area contributed by atoms with Crippen molar-refractivity contribution >= 4 is 40.8 Å². The fraction of sp³-hybridized carbons (Fsp3) is 0.370. The van der Waals surface area contributed by atoms with Crippen LogP contribution in [0.5, 0.6) is 0 Å². The lowest BCUT2D eigenvalue weighted by molar-refractivity contribution is -0.170. The van der Waals surface area contributed by atoms with Crippen molar-refractivity contribution in [1.82, 2.24) is 9.38 Å². The minimum Gasteiger partial charge on any atom is -0.481 e. The Balaban J connectivity index is 0.000000366. The summed E-state index contributed by atoms with van der Waals surface area (Å²) in [5, 5.41) is 49.5. The fourth-order valence-electron chi connectivity index (χ4n) is 3.84. The first-order valence-corrected chi connectivity index (χ1v) is 12.2. The predicted molar refractivity (Wildman–Crippen MR) is 145 cm³/mol. The molecule has 0 bridgehead atoms. The zero-order valence-corrected chi connectivity index (χ0v) is 22.8. The average molecular weight is 559 g/mol. The van der Waals surface area contributed by atoms with Gasteiger partial charge in [-0.25, -0.2) is 9.78 Å². The summed E-state index contributed by atoms with van der Waals surface area (Å²) in [5.74, 6) is -5.46. The molecular formula is C27H34N4O9. The van der Waals surface area contributed by atoms with E-state index in [1.807, 2.05) is 30.5 Å². The van der Waals surface area contributed by atoms with Crippen molar-refractivity contribution in [2.45, 2.75) is 65.7 Å². The number of fused-ring (bicyclic) bond motifs is 1. The van der Waals surface area contributed by atoms with Gasteiger partial charge < -0.3 is 40.6 Å². The normalized spacial score (nSPS) is 11.8. The molecule has 0 fully saturated rings. The molecular weight excluding hydrogens is 524 g/mol. The average Bonchev–Trinajstić information content (AvgIpc) is 3.11. The lowest BCUT2D eigenvalue weighted by atomic mass is 9.96. The van der Waals surface area contributed by atoms with E-state index in [-0.39, 0.29) is 0 Å². The van der Waals surface area contributed by atoms with Crippen LogP contribution in [0.3, 0.4) is 0 Å². The summed E-state index contributed by atoms with van der Waals surface area (Å²) in [7, 11) is 0. The number of aliphatic hydroxyl groups is 2. The predicted octanol–water partition coefficient (Wildman–Crippen LogP) is 2.25. The van der Waals surface area contributed by atoms with E-state index in [2.05, 4.69) is 47.7 Å². The van der Waals surface area contributed by atoms with Crippen molar-refractivity contribution < 1.29 is 44.7 Å². The number of nitrogens with one attached hydrogen (secondary N) is 2. The van der Waals surface area contributed by atoms with E-state index in [0.29, 0.717) is 12.2 Å². The number of carboxylic acids is 3. The van der Waals surface area contributed by atoms with E-state index in [4.69, 9.17) is 20.4 Å². The van der Waals surface area contributed by atoms with Gasteiger partial charge in [0.2, 0.25) is 0 Å². The van der Waals surface area contributed by atoms with Crippen LogP contribution in [-0.2, 0) is 25.7 Å². The number of aromatic nitrogens is 2. The number of hydrogen-bond donors (Lipinski definition) is 7. The highest BCUT2D eigenvalue weighted by Crippen LogP contribution is 2.26. The number of hydrogen-bond acceptors (Lipinski definition) is 8. The van der Waals surface area contributed by atoms with Crippen LogP contribution in [0, 0.1) is 27.7 Å². The number of amides is 1. The summed E-state index contributed by atoms with van der Waals surface area (Å²) in [6.45, 7) is 10.3. The molecule has 3 rings (SSSR count). The molecule has 1 aromatic carbocycles. The van der Waals surface area contributed by atoms with Gasteiger partial charge in [-0.3, -0.25) is 14.4 Å². The second-order valence-electron chi connectivity index (χ2n) is 9.49. The molecule has 2 aromatic heterocycles. The molecule has 13 heteroatoms. The number of anilines is 2. The van der Waals surface area contributed by atoms with Crippen LogP contribution in [0.4, 0.5) is 11.4 Å². The van der Waals surface area contributed by atoms with Gasteiger partial charge in [0, 0.05) is 18.4 Å². The van der Waals surface area contributed by atoms with E-state index in [1.165, 1.54) is 23.6 Å². The summed E-state index contributed by atoms with van der Waals surface area (Å²) in [5.41, 5.74) is 5.16. The van der Waals surface area contributed by atoms with Crippen LogP contribution >= 0.6 is 0 Å². The molecule has 0 saturated heterocycles. The molecule has 0 radical (unpaired) electrons. The van der Waals surface area contributed by atoms with Crippen molar-refractivity contribution in [1.29, 1.82) is 0 Å². The van der Waals surface area contributed by atoms with Gasteiger partial charge in [-0.15, -0.1) is 0 Å². The SMILES string of the molecule is Cc1cccc(C)c1CNc1cc(NC(=O)[C@@H](C)O)cn2c(C)c(C)nc12.O=C(O)CC(O)(CC(=O)O)C(=O)O. The van der Waals surface area contributed by atoms with Crippen LogP contribution < -0.4 is 10.6 Å². The van der Waals surface area contributed by atoms with Crippen LogP contribution in [0.15, 0.2) is 30.5 Å². The summed E-state index contributed by atoms with van der Waals surface area (Å²) in [6.07, 6.45) is -1.53. The molecule has 1 atom stereocenters. The van der Waals surface area contributed by atoms with Gasteiger partial charge in [0.05, 0.1) is 29.9 Å². The molecule has 2 heterocycles. The maximum atomic E-state index is 11.9. The Hall–Kier alpha value is -4.49. The van der Waals surface area contributed by atoms with Crippen molar-refractivity contribution in [3.63, 3.8) is 0 Å². The second-order valence-corrected chi connectivity index (χ2v) is 9.49. The van der Waals surface area contributed by atoms with Gasteiger partial charge in [-0.2, -0.15) is 0 Å². The lowest BCUT2D eigenvalue weighted by Gasteiger charge is -2.18. The Bertz CT molecular complexity index is 1390. The lowest BCUT2D eigenvalue weighted by Crippen LogP contribution is -2.42. The quantitative estimate of drug-likeness (QED) is 0.192. The highest BCUT2D eigenvalue weighted by molar-refractivity contribution is 5.94. The smallest absolute Gasteiger partial charge is 0.336 e. The van der Waals surface area contributed by atoms with Crippen LogP contribution in [0.2, 0.25) is 0 Å². The first kappa shape index (κ1) is 31.7. The standard InChI is InChI=1S/C21H26N4O2.C6H8O7/c1-12-7-6-8-13(2)18(12)10-22-19-9-17(24-21(27)16(5)26)11-25-15(4)14(3)23-20(19)25;7-3(8)1-6(13,5(11)12)2-4(9)10/h6-9,11,16,22,26H,10H2,1-5H3,(H,24,27);13H,1-2H2,(H,7,8)(H,9,10)(H,11,12)/t16-;/m1./s1. The number of rotatable bonds is 10. The van der Waals surface area contributed by atoms with Crippen LogP contribution in [0.1, 0.15) is 47.8 Å². The largest absolute Gasteiger partial charge is 0.481 e. The van der Waals surface area contributed by atoms with Crippen molar-refractivity contribution in [2.24, 2.45) is 0 Å². The fourth-order valence-corrected chi connectivity index (χ4v) is 3.84. The Morgan fingerprint density at radius 3 is 2.02 bits per heavy atom. The molecule has 0 saturated carbocycles. The molecule has 1 amide bonds. The van der Waals surface area contributed by atoms with E-state index in [9.17, 15) is 24.3 Å². The number of carbonyl (C=O) groups excluding carboxylic acids is 1. The minimum atomic E-state index is -2.74. The molecule has 0 aliphatic rings. The van der Waals surface area contributed by atoms with Crippen molar-refractivity contribution in [2.75, 3.05) is 10.6 Å². The first-order valence-electron chi connectivity index (χ1n) is 12.2. The highest BCUT2D eigenvalue weighted by Gasteiger charge is 2.40. The number of benzene rings is 1. The van der Waals surface area contributed by atoms with Crippen LogP contribution in [-0.4, -0.2) is 70.4 Å². The van der Waals surface area contributed by atoms with Crippen molar-refractivity contribution in [3.8, 4) is 0 Å². The Morgan fingerprint density at radius 2 is 1.55 bits per heavy atom. The number of carboxylic acid groups (broad SMARTS) is 3. The van der Waals surface area contributed by atoms with E-state index < -0.39 is 48.4 Å². The Labute approximate surface area is 230 Å². The number of nitrogens with zero attached hydrogens (tertiary/aromatic N) is 2. The van der Waals surface area contributed by atoms with Gasteiger partial charge in [0.25, 0.3) is 5.91 Å². The maximum Gasteiger partial charge on any atom is 0.336 e. The van der Waals surface area contributed by atoms with Crippen LogP contribution in [0.25, 0.3) is 5.65 Å². The number of aliphatic carboxylic acids is 3. The Morgan fingerprint density at radius 1 is 1.00 bits per heavy atom. The molecule has 216 valence electrons. The number of carbonyl (C=O) groups is 4. The molecule has 13 nitrogen and oxygen atoms in total. The van der Waals surface area contributed by atoms with E-state index in [1.54, 1.807) is 0 Å². The summed E-state index contributed by atoms with van der Waals surface area (Å²) < 4.78 is 1.96. The third-order valence-electron chi connectivity index (χ3n) is 6.23. The summed E-state index contributed by atoms with van der Waals surface area (Å²) in [4.78, 5) is 47.1. The Kier molecular flexibility index (Phi) is 10.3. The molecule has 40 heavy (non-hydrogen) atoms. The molecule has 0 aliphatic carbocycles. The minimum absolute atomic E-state index is 0.440. The van der Waals surface area contributed by atoms with Gasteiger partial charge in [0.1, 0.15) is 6.10 Å². The molecule has 3 aromatic rings. The third-order valence-corrected chi connectivity index (χ3v) is 6.23. The summed E-state index contributed by atoms with van der Waals surface area (Å²) in [6, 6.07) is 8.11. The number of pyridine rings is 1. The maximum absolute atomic E-state index is 11.9. The molecule has 0 spiro atoms. The number of aliphatic hydroxyl groups excluding tert-OH is 1. The monoisotopic (exact) mass is 558 g/mol. The number of aryl methyl sites for hydroxylation is 4. The highest BCUT2D eigenvalue weighted by atomic mass is 16.4. The van der Waals surface area contributed by atoms with E-state index >= 15 is 0 Å². The summed E-state index contributed by atoms with van der Waals surface area (Å²) >= 11 is 0. The molecule has 0 aliphatic heterocycles. The zero-order valence-electron chi connectivity index (χ0n) is 22.8. The molecule has 0 unspecified atom stereocenters. The van der Waals surface area contributed by atoms with E-state index in [0.717, 1.165) is 22.7 Å². The topological polar surface area (TPSA) is 211 Å². The third kappa shape index (κ3) is 8.01. The molecule has 7 N–H and O–H groups in total. The second kappa shape index (κ2) is 13.0. The van der Waals surface area contributed by atoms with Gasteiger partial charge >= 0.3 is 17.9 Å².